The van der Waals surface area contributed by atoms with Gasteiger partial charge in [0.2, 0.25) is 0 Å². The number of hydrogen-bond donors (Lipinski definition) is 0. The van der Waals surface area contributed by atoms with Gasteiger partial charge in [-0.2, -0.15) is 0 Å². The van der Waals surface area contributed by atoms with E-state index in [9.17, 15) is 9.59 Å². The summed E-state index contributed by atoms with van der Waals surface area (Å²) in [6, 6.07) is 13.7. The van der Waals surface area contributed by atoms with Gasteiger partial charge in [-0.1, -0.05) is 55.1 Å². The van der Waals surface area contributed by atoms with Crippen LogP contribution in [0, 0.1) is 0 Å². The number of ketones is 1. The van der Waals surface area contributed by atoms with Gasteiger partial charge < -0.3 is 0 Å². The number of hydrogen-bond acceptors (Lipinski definition) is 2. The predicted octanol–water partition coefficient (Wildman–Crippen LogP) is 3.94. The zero-order valence-electron chi connectivity index (χ0n) is 10.1. The first kappa shape index (κ1) is 13.2. The summed E-state index contributed by atoms with van der Waals surface area (Å²) in [6.07, 6.45) is 1.54. The lowest BCUT2D eigenvalue weighted by molar-refractivity contribution is 0.102. The summed E-state index contributed by atoms with van der Waals surface area (Å²) < 4.78 is 0. The molecule has 0 unspecified atom stereocenters. The van der Waals surface area contributed by atoms with Crippen LogP contribution in [0.4, 0.5) is 0 Å². The first-order valence-corrected chi connectivity index (χ1v) is 6.08. The number of benzene rings is 2. The highest BCUT2D eigenvalue weighted by Crippen LogP contribution is 2.21. The minimum Gasteiger partial charge on any atom is -0.289 e. The Morgan fingerprint density at radius 3 is 2.26 bits per heavy atom. The Hall–Kier alpha value is -2.19. The van der Waals surface area contributed by atoms with Gasteiger partial charge in [-0.3, -0.25) is 9.59 Å². The van der Waals surface area contributed by atoms with Crippen molar-refractivity contribution >= 4 is 28.7 Å². The van der Waals surface area contributed by atoms with Crippen LogP contribution in [0.1, 0.15) is 31.8 Å². The van der Waals surface area contributed by atoms with Crippen LogP contribution in [-0.4, -0.2) is 11.0 Å². The first-order valence-electron chi connectivity index (χ1n) is 5.70. The zero-order chi connectivity index (χ0) is 13.8. The average molecular weight is 271 g/mol. The van der Waals surface area contributed by atoms with Gasteiger partial charge >= 0.3 is 0 Å². The number of rotatable bonds is 4. The van der Waals surface area contributed by atoms with Crippen molar-refractivity contribution in [1.82, 2.24) is 0 Å². The summed E-state index contributed by atoms with van der Waals surface area (Å²) in [4.78, 5) is 23.9. The molecule has 3 heteroatoms. The monoisotopic (exact) mass is 270 g/mol. The molecule has 0 fully saturated rings. The Balaban J connectivity index is 2.64. The highest BCUT2D eigenvalue weighted by atomic mass is 35.5. The molecule has 19 heavy (non-hydrogen) atoms. The molecule has 2 aromatic rings. The molecule has 0 aliphatic rings. The van der Waals surface area contributed by atoms with E-state index in [-0.39, 0.29) is 11.3 Å². The Morgan fingerprint density at radius 1 is 1.00 bits per heavy atom. The van der Waals surface area contributed by atoms with E-state index in [1.165, 1.54) is 0 Å². The van der Waals surface area contributed by atoms with Crippen LogP contribution in [0.5, 0.6) is 0 Å². The fourth-order valence-corrected chi connectivity index (χ4v) is 2.05. The molecular weight excluding hydrogens is 260 g/mol. The minimum absolute atomic E-state index is 0.202. The van der Waals surface area contributed by atoms with Crippen LogP contribution in [0.3, 0.4) is 0 Å². The summed E-state index contributed by atoms with van der Waals surface area (Å²) in [6.45, 7) is 3.66. The normalized spacial score (nSPS) is 9.95. The SMILES string of the molecule is C=Cc1cccc(C(=O)Cl)c1C(=O)c1ccccc1. The second-order valence-corrected chi connectivity index (χ2v) is 4.29. The van der Waals surface area contributed by atoms with Crippen LogP contribution >= 0.6 is 11.6 Å². The molecule has 2 aromatic carbocycles. The third-order valence-electron chi connectivity index (χ3n) is 2.79. The lowest BCUT2D eigenvalue weighted by Gasteiger charge is -2.09. The smallest absolute Gasteiger partial charge is 0.253 e. The van der Waals surface area contributed by atoms with Crippen molar-refractivity contribution in [2.75, 3.05) is 0 Å². The molecule has 94 valence electrons. The average Bonchev–Trinajstić information content (AvgIpc) is 2.46. The first-order chi connectivity index (χ1) is 9.15. The molecule has 0 aliphatic heterocycles. The van der Waals surface area contributed by atoms with Gasteiger partial charge in [0.25, 0.3) is 5.24 Å². The standard InChI is InChI=1S/C16H11ClO2/c1-2-11-9-6-10-13(16(17)19)14(11)15(18)12-7-4-3-5-8-12/h2-10H,1H2. The molecule has 0 saturated carbocycles. The maximum Gasteiger partial charge on any atom is 0.253 e. The largest absolute Gasteiger partial charge is 0.289 e. The number of halogens is 1. The summed E-state index contributed by atoms with van der Waals surface area (Å²) in [5.41, 5.74) is 1.60. The van der Waals surface area contributed by atoms with E-state index < -0.39 is 5.24 Å². The molecule has 0 bridgehead atoms. The fraction of sp³-hybridized carbons (Fsp3) is 0. The van der Waals surface area contributed by atoms with Crippen LogP contribution in [-0.2, 0) is 0 Å². The van der Waals surface area contributed by atoms with E-state index in [0.29, 0.717) is 16.7 Å². The van der Waals surface area contributed by atoms with Crippen LogP contribution in [0.15, 0.2) is 55.1 Å². The molecule has 0 aromatic heterocycles. The molecule has 0 N–H and O–H groups in total. The van der Waals surface area contributed by atoms with Gasteiger partial charge in [-0.25, -0.2) is 0 Å². The van der Waals surface area contributed by atoms with E-state index in [4.69, 9.17) is 11.6 Å². The second kappa shape index (κ2) is 5.63. The highest BCUT2D eigenvalue weighted by molar-refractivity contribution is 6.68. The van der Waals surface area contributed by atoms with E-state index in [1.807, 2.05) is 6.07 Å². The maximum absolute atomic E-state index is 12.5. The van der Waals surface area contributed by atoms with Gasteiger partial charge in [0, 0.05) is 16.7 Å². The molecule has 0 heterocycles. The Kier molecular flexibility index (Phi) is 3.93. The third-order valence-corrected chi connectivity index (χ3v) is 2.99. The van der Waals surface area contributed by atoms with E-state index >= 15 is 0 Å². The fourth-order valence-electron chi connectivity index (χ4n) is 1.89. The molecule has 0 spiro atoms. The van der Waals surface area contributed by atoms with E-state index in [2.05, 4.69) is 6.58 Å². The predicted molar refractivity (Wildman–Crippen MR) is 76.6 cm³/mol. The third kappa shape index (κ3) is 2.64. The lowest BCUT2D eigenvalue weighted by Crippen LogP contribution is -2.09. The molecule has 0 saturated heterocycles. The lowest BCUT2D eigenvalue weighted by atomic mass is 9.94. The Labute approximate surface area is 116 Å². The van der Waals surface area contributed by atoms with Gasteiger partial charge in [0.15, 0.2) is 5.78 Å². The van der Waals surface area contributed by atoms with Crippen molar-refractivity contribution in [2.24, 2.45) is 0 Å². The van der Waals surface area contributed by atoms with Crippen molar-refractivity contribution in [3.8, 4) is 0 Å². The van der Waals surface area contributed by atoms with Gasteiger partial charge in [-0.05, 0) is 23.2 Å². The van der Waals surface area contributed by atoms with Gasteiger partial charge in [0.1, 0.15) is 0 Å². The highest BCUT2D eigenvalue weighted by Gasteiger charge is 2.19. The van der Waals surface area contributed by atoms with Crippen LogP contribution in [0.2, 0.25) is 0 Å². The van der Waals surface area contributed by atoms with Gasteiger partial charge in [-0.15, -0.1) is 0 Å². The van der Waals surface area contributed by atoms with Gasteiger partial charge in [0.05, 0.1) is 0 Å². The molecule has 2 nitrogen and oxygen atoms in total. The van der Waals surface area contributed by atoms with E-state index in [0.717, 1.165) is 0 Å². The molecular formula is C16H11ClO2. The van der Waals surface area contributed by atoms with Crippen LogP contribution < -0.4 is 0 Å². The topological polar surface area (TPSA) is 34.1 Å². The van der Waals surface area contributed by atoms with Crippen molar-refractivity contribution in [1.29, 1.82) is 0 Å². The Morgan fingerprint density at radius 2 is 1.68 bits per heavy atom. The summed E-state index contributed by atoms with van der Waals surface area (Å²) in [7, 11) is 0. The molecule has 0 amide bonds. The minimum atomic E-state index is -0.650. The zero-order valence-corrected chi connectivity index (χ0v) is 10.9. The number of carbonyl (C=O) groups excluding carboxylic acids is 2. The van der Waals surface area contributed by atoms with Crippen LogP contribution in [0.25, 0.3) is 6.08 Å². The van der Waals surface area contributed by atoms with Crippen molar-refractivity contribution < 1.29 is 9.59 Å². The molecule has 0 aliphatic carbocycles. The van der Waals surface area contributed by atoms with Crippen molar-refractivity contribution in [2.45, 2.75) is 0 Å². The molecule has 0 radical (unpaired) electrons. The second-order valence-electron chi connectivity index (χ2n) is 3.94. The molecule has 0 atom stereocenters. The van der Waals surface area contributed by atoms with Crippen molar-refractivity contribution in [3.63, 3.8) is 0 Å². The maximum atomic E-state index is 12.5. The summed E-state index contributed by atoms with van der Waals surface area (Å²) >= 11 is 5.54. The number of carbonyl (C=O) groups is 2. The quantitative estimate of drug-likeness (QED) is 0.623. The summed E-state index contributed by atoms with van der Waals surface area (Å²) in [5, 5.41) is -0.650. The Bertz CT molecular complexity index is 645. The van der Waals surface area contributed by atoms with E-state index in [1.54, 1.807) is 48.5 Å². The summed E-state index contributed by atoms with van der Waals surface area (Å²) in [5.74, 6) is -0.236. The molecule has 2 rings (SSSR count). The van der Waals surface area contributed by atoms with Crippen molar-refractivity contribution in [3.05, 3.63) is 77.4 Å².